The van der Waals surface area contributed by atoms with Crippen molar-refractivity contribution in [3.63, 3.8) is 0 Å². The fourth-order valence-electron chi connectivity index (χ4n) is 3.22. The van der Waals surface area contributed by atoms with Gasteiger partial charge in [0.15, 0.2) is 0 Å². The summed E-state index contributed by atoms with van der Waals surface area (Å²) in [5.41, 5.74) is 0. The van der Waals surface area contributed by atoms with Gasteiger partial charge in [-0.2, -0.15) is 5.26 Å². The van der Waals surface area contributed by atoms with Crippen molar-refractivity contribution in [1.82, 2.24) is 0 Å². The smallest absolute Gasteiger partial charge is 0.0809 e. The maximum absolute atomic E-state index is 9.21. The number of nitriles is 1. The summed E-state index contributed by atoms with van der Waals surface area (Å²) in [6.07, 6.45) is 8.47. The van der Waals surface area contributed by atoms with E-state index in [0.29, 0.717) is 6.61 Å². The third-order valence-electron chi connectivity index (χ3n) is 4.28. The van der Waals surface area contributed by atoms with Crippen LogP contribution in [-0.2, 0) is 9.47 Å². The fourth-order valence-corrected chi connectivity index (χ4v) is 3.22. The van der Waals surface area contributed by atoms with Crippen LogP contribution in [0, 0.1) is 23.2 Å². The van der Waals surface area contributed by atoms with Crippen molar-refractivity contribution in [3.8, 4) is 6.07 Å². The molecule has 1 saturated heterocycles. The van der Waals surface area contributed by atoms with Crippen molar-refractivity contribution in [2.75, 3.05) is 13.2 Å². The second-order valence-electron chi connectivity index (χ2n) is 5.71. The highest BCUT2D eigenvalue weighted by atomic mass is 16.5. The van der Waals surface area contributed by atoms with Crippen LogP contribution in [0.25, 0.3) is 0 Å². The molecule has 2 rings (SSSR count). The summed E-state index contributed by atoms with van der Waals surface area (Å²) in [5.74, 6) is 0.855. The highest BCUT2D eigenvalue weighted by Gasteiger charge is 2.31. The van der Waals surface area contributed by atoms with Gasteiger partial charge in [0.05, 0.1) is 30.8 Å². The maximum Gasteiger partial charge on any atom is 0.0809 e. The lowest BCUT2D eigenvalue weighted by Crippen LogP contribution is -2.33. The van der Waals surface area contributed by atoms with Gasteiger partial charge >= 0.3 is 0 Å². The first-order valence-electron chi connectivity index (χ1n) is 7.46. The topological polar surface area (TPSA) is 42.2 Å². The van der Waals surface area contributed by atoms with Crippen LogP contribution < -0.4 is 0 Å². The third-order valence-corrected chi connectivity index (χ3v) is 4.28. The Hall–Kier alpha value is -0.590. The molecule has 3 nitrogen and oxygen atoms in total. The van der Waals surface area contributed by atoms with Gasteiger partial charge in [-0.15, -0.1) is 0 Å². The number of hydrogen-bond donors (Lipinski definition) is 0. The molecule has 3 heteroatoms. The van der Waals surface area contributed by atoms with Crippen LogP contribution in [0.3, 0.4) is 0 Å². The van der Waals surface area contributed by atoms with E-state index in [2.05, 4.69) is 13.0 Å². The molecule has 2 aliphatic rings. The van der Waals surface area contributed by atoms with Crippen molar-refractivity contribution >= 4 is 0 Å². The Morgan fingerprint density at radius 3 is 2.89 bits per heavy atom. The molecule has 1 heterocycles. The normalized spacial score (nSPS) is 36.4. The highest BCUT2D eigenvalue weighted by molar-refractivity contribution is 4.94. The quantitative estimate of drug-likeness (QED) is 0.753. The lowest BCUT2D eigenvalue weighted by molar-refractivity contribution is -0.0550. The molecule has 0 aromatic heterocycles. The molecule has 0 N–H and O–H groups in total. The zero-order valence-electron chi connectivity index (χ0n) is 11.4. The number of nitrogens with zero attached hydrogens (tertiary/aromatic N) is 1. The summed E-state index contributed by atoms with van der Waals surface area (Å²) in [7, 11) is 0. The van der Waals surface area contributed by atoms with Crippen LogP contribution in [0.4, 0.5) is 0 Å². The Morgan fingerprint density at radius 1 is 1.33 bits per heavy atom. The van der Waals surface area contributed by atoms with Crippen molar-refractivity contribution in [2.24, 2.45) is 11.8 Å². The summed E-state index contributed by atoms with van der Waals surface area (Å²) in [5, 5.41) is 9.21. The minimum absolute atomic E-state index is 0.0968. The van der Waals surface area contributed by atoms with E-state index in [-0.39, 0.29) is 18.1 Å². The Morgan fingerprint density at radius 2 is 2.22 bits per heavy atom. The Balaban J connectivity index is 1.79. The van der Waals surface area contributed by atoms with E-state index >= 15 is 0 Å². The van der Waals surface area contributed by atoms with Crippen LogP contribution in [-0.4, -0.2) is 25.4 Å². The van der Waals surface area contributed by atoms with Gasteiger partial charge in [-0.3, -0.25) is 0 Å². The van der Waals surface area contributed by atoms with Crippen molar-refractivity contribution < 1.29 is 9.47 Å². The average Bonchev–Trinajstić information content (AvgIpc) is 2.90. The first kappa shape index (κ1) is 13.8. The van der Waals surface area contributed by atoms with Gasteiger partial charge in [0.2, 0.25) is 0 Å². The van der Waals surface area contributed by atoms with E-state index in [1.54, 1.807) is 0 Å². The zero-order valence-corrected chi connectivity index (χ0v) is 11.4. The summed E-state index contributed by atoms with van der Waals surface area (Å²) >= 11 is 0. The van der Waals surface area contributed by atoms with E-state index in [0.717, 1.165) is 38.2 Å². The molecule has 1 saturated carbocycles. The Bertz CT molecular complexity index is 281. The molecule has 18 heavy (non-hydrogen) atoms. The molecular formula is C15H25NO2. The molecule has 1 aliphatic carbocycles. The summed E-state index contributed by atoms with van der Waals surface area (Å²) in [4.78, 5) is 0. The van der Waals surface area contributed by atoms with Crippen LogP contribution >= 0.6 is 0 Å². The lowest BCUT2D eigenvalue weighted by atomic mass is 9.78. The summed E-state index contributed by atoms with van der Waals surface area (Å²) in [6.45, 7) is 3.79. The summed E-state index contributed by atoms with van der Waals surface area (Å²) in [6, 6.07) is 2.43. The molecule has 102 valence electrons. The highest BCUT2D eigenvalue weighted by Crippen LogP contribution is 2.33. The average molecular weight is 251 g/mol. The largest absolute Gasteiger partial charge is 0.376 e. The van der Waals surface area contributed by atoms with Crippen LogP contribution in [0.5, 0.6) is 0 Å². The predicted octanol–water partition coefficient (Wildman–Crippen LogP) is 3.29. The molecule has 4 unspecified atom stereocenters. The van der Waals surface area contributed by atoms with Gasteiger partial charge < -0.3 is 9.47 Å². The number of rotatable bonds is 5. The maximum atomic E-state index is 9.21. The van der Waals surface area contributed by atoms with Crippen LogP contribution in [0.2, 0.25) is 0 Å². The van der Waals surface area contributed by atoms with E-state index in [1.807, 2.05) is 0 Å². The van der Waals surface area contributed by atoms with Crippen molar-refractivity contribution in [1.29, 1.82) is 5.26 Å². The standard InChI is InChI=1S/C15H25NO2/c1-2-4-12-6-7-13(10-16)15(9-12)18-11-14-5-3-8-17-14/h12-15H,2-9,11H2,1H3. The van der Waals surface area contributed by atoms with Gasteiger partial charge in [0, 0.05) is 6.61 Å². The molecule has 0 spiro atoms. The lowest BCUT2D eigenvalue weighted by Gasteiger charge is -2.33. The molecule has 1 aliphatic heterocycles. The predicted molar refractivity (Wildman–Crippen MR) is 70.1 cm³/mol. The molecule has 4 atom stereocenters. The van der Waals surface area contributed by atoms with E-state index in [1.165, 1.54) is 19.3 Å². The zero-order chi connectivity index (χ0) is 12.8. The van der Waals surface area contributed by atoms with E-state index in [4.69, 9.17) is 9.47 Å². The van der Waals surface area contributed by atoms with Gasteiger partial charge in [0.1, 0.15) is 0 Å². The molecular weight excluding hydrogens is 226 g/mol. The Kier molecular flexibility index (Phi) is 5.46. The third kappa shape index (κ3) is 3.70. The molecule has 0 aromatic rings. The van der Waals surface area contributed by atoms with Gasteiger partial charge in [-0.05, 0) is 38.0 Å². The van der Waals surface area contributed by atoms with E-state index < -0.39 is 0 Å². The minimum Gasteiger partial charge on any atom is -0.376 e. The van der Waals surface area contributed by atoms with Crippen LogP contribution in [0.15, 0.2) is 0 Å². The molecule has 0 bridgehead atoms. The molecule has 0 amide bonds. The number of ether oxygens (including phenoxy) is 2. The van der Waals surface area contributed by atoms with Gasteiger partial charge in [-0.25, -0.2) is 0 Å². The van der Waals surface area contributed by atoms with E-state index in [9.17, 15) is 5.26 Å². The van der Waals surface area contributed by atoms with Gasteiger partial charge in [0.25, 0.3) is 0 Å². The monoisotopic (exact) mass is 251 g/mol. The minimum atomic E-state index is 0.0968. The molecule has 0 radical (unpaired) electrons. The van der Waals surface area contributed by atoms with Crippen LogP contribution in [0.1, 0.15) is 51.9 Å². The number of hydrogen-bond acceptors (Lipinski definition) is 3. The van der Waals surface area contributed by atoms with Crippen molar-refractivity contribution in [3.05, 3.63) is 0 Å². The second-order valence-corrected chi connectivity index (χ2v) is 5.71. The molecule has 2 fully saturated rings. The SMILES string of the molecule is CCCC1CCC(C#N)C(OCC2CCCO2)C1. The molecule has 0 aromatic carbocycles. The summed E-state index contributed by atoms with van der Waals surface area (Å²) < 4.78 is 11.6. The van der Waals surface area contributed by atoms with Crippen molar-refractivity contribution in [2.45, 2.75) is 64.1 Å². The fraction of sp³-hybridized carbons (Fsp3) is 0.933. The van der Waals surface area contributed by atoms with Gasteiger partial charge in [-0.1, -0.05) is 19.8 Å². The first-order chi connectivity index (χ1) is 8.83. The second kappa shape index (κ2) is 7.11. The Labute approximate surface area is 110 Å². The first-order valence-corrected chi connectivity index (χ1v) is 7.46.